The van der Waals surface area contributed by atoms with Crippen LogP contribution in [0.3, 0.4) is 0 Å². The van der Waals surface area contributed by atoms with Crippen molar-refractivity contribution in [3.63, 3.8) is 0 Å². The number of hydrogen-bond donors (Lipinski definition) is 2. The number of carbonyl (C=O) groups is 2. The Kier molecular flexibility index (Phi) is 5.57. The number of aromatic nitrogens is 4. The van der Waals surface area contributed by atoms with E-state index in [2.05, 4.69) is 30.4 Å². The topological polar surface area (TPSA) is 102 Å². The van der Waals surface area contributed by atoms with Gasteiger partial charge in [-0.2, -0.15) is 0 Å². The lowest BCUT2D eigenvalue weighted by molar-refractivity contribution is -0.113. The fraction of sp³-hybridized carbons (Fsp3) is 0.250. The van der Waals surface area contributed by atoms with Gasteiger partial charge >= 0.3 is 0 Å². The SMILES string of the molecule is CNC(=O)c1cccc(NC(=O)CSc2nnc(-c3ccncc3)n2C2CC2)c1. The standard InChI is InChI=1S/C20H20N6O2S/c1-21-19(28)14-3-2-4-15(11-14)23-17(27)12-29-20-25-24-18(26(20)16-5-6-16)13-7-9-22-10-8-13/h2-4,7-11,16H,5-6,12H2,1H3,(H,21,28)(H,23,27). The lowest BCUT2D eigenvalue weighted by atomic mass is 10.2. The van der Waals surface area contributed by atoms with E-state index >= 15 is 0 Å². The first kappa shape index (κ1) is 19.1. The first-order valence-electron chi connectivity index (χ1n) is 9.26. The zero-order chi connectivity index (χ0) is 20.2. The highest BCUT2D eigenvalue weighted by molar-refractivity contribution is 7.99. The Labute approximate surface area is 172 Å². The van der Waals surface area contributed by atoms with Crippen molar-refractivity contribution in [3.05, 3.63) is 54.4 Å². The third-order valence-corrected chi connectivity index (χ3v) is 5.43. The van der Waals surface area contributed by atoms with Gasteiger partial charge in [0.2, 0.25) is 5.91 Å². The van der Waals surface area contributed by atoms with Crippen LogP contribution in [0.5, 0.6) is 0 Å². The molecule has 0 atom stereocenters. The van der Waals surface area contributed by atoms with Crippen molar-refractivity contribution >= 4 is 29.3 Å². The summed E-state index contributed by atoms with van der Waals surface area (Å²) in [5, 5.41) is 14.8. The van der Waals surface area contributed by atoms with Gasteiger partial charge < -0.3 is 10.6 Å². The highest BCUT2D eigenvalue weighted by Gasteiger charge is 2.30. The molecule has 0 radical (unpaired) electrons. The molecule has 0 unspecified atom stereocenters. The summed E-state index contributed by atoms with van der Waals surface area (Å²) in [6.07, 6.45) is 5.63. The summed E-state index contributed by atoms with van der Waals surface area (Å²) in [6.45, 7) is 0. The first-order valence-corrected chi connectivity index (χ1v) is 10.2. The molecule has 1 aromatic carbocycles. The molecule has 148 valence electrons. The van der Waals surface area contributed by atoms with Crippen molar-refractivity contribution < 1.29 is 9.59 Å². The summed E-state index contributed by atoms with van der Waals surface area (Å²) in [7, 11) is 1.57. The Hall–Kier alpha value is -3.20. The van der Waals surface area contributed by atoms with Crippen LogP contribution in [0.25, 0.3) is 11.4 Å². The van der Waals surface area contributed by atoms with Crippen LogP contribution >= 0.6 is 11.8 Å². The monoisotopic (exact) mass is 408 g/mol. The minimum Gasteiger partial charge on any atom is -0.355 e. The molecular weight excluding hydrogens is 388 g/mol. The van der Waals surface area contributed by atoms with E-state index in [1.807, 2.05) is 12.1 Å². The maximum Gasteiger partial charge on any atom is 0.251 e. The van der Waals surface area contributed by atoms with E-state index in [-0.39, 0.29) is 17.6 Å². The minimum absolute atomic E-state index is 0.167. The number of amides is 2. The average Bonchev–Trinajstić information content (AvgIpc) is 3.51. The third kappa shape index (κ3) is 4.45. The molecule has 2 amide bonds. The molecule has 8 nitrogen and oxygen atoms in total. The summed E-state index contributed by atoms with van der Waals surface area (Å²) in [5.41, 5.74) is 2.04. The van der Waals surface area contributed by atoms with Crippen molar-refractivity contribution in [1.82, 2.24) is 25.1 Å². The number of pyridine rings is 1. The van der Waals surface area contributed by atoms with Gasteiger partial charge in [-0.25, -0.2) is 0 Å². The Morgan fingerprint density at radius 2 is 1.97 bits per heavy atom. The van der Waals surface area contributed by atoms with E-state index in [0.29, 0.717) is 17.3 Å². The maximum atomic E-state index is 12.4. The molecule has 9 heteroatoms. The van der Waals surface area contributed by atoms with Crippen molar-refractivity contribution in [2.45, 2.75) is 24.0 Å². The number of benzene rings is 1. The maximum absolute atomic E-state index is 12.4. The number of hydrogen-bond acceptors (Lipinski definition) is 6. The van der Waals surface area contributed by atoms with Crippen LogP contribution in [0.15, 0.2) is 53.9 Å². The van der Waals surface area contributed by atoms with E-state index in [0.717, 1.165) is 29.4 Å². The number of nitrogens with one attached hydrogen (secondary N) is 2. The van der Waals surface area contributed by atoms with E-state index in [4.69, 9.17) is 0 Å². The van der Waals surface area contributed by atoms with Crippen molar-refractivity contribution in [2.24, 2.45) is 0 Å². The number of carbonyl (C=O) groups excluding carboxylic acids is 2. The Bertz CT molecular complexity index is 1030. The highest BCUT2D eigenvalue weighted by Crippen LogP contribution is 2.40. The number of rotatable bonds is 7. The van der Waals surface area contributed by atoms with Crippen molar-refractivity contribution in [3.8, 4) is 11.4 Å². The van der Waals surface area contributed by atoms with Gasteiger partial charge in [0.05, 0.1) is 5.75 Å². The van der Waals surface area contributed by atoms with Gasteiger partial charge in [-0.3, -0.25) is 19.1 Å². The summed E-state index contributed by atoms with van der Waals surface area (Å²) in [4.78, 5) is 28.2. The first-order chi connectivity index (χ1) is 14.2. The molecule has 4 rings (SSSR count). The van der Waals surface area contributed by atoms with Gasteiger partial charge in [0.25, 0.3) is 5.91 Å². The predicted molar refractivity (Wildman–Crippen MR) is 111 cm³/mol. The van der Waals surface area contributed by atoms with Crippen LogP contribution in [-0.2, 0) is 4.79 Å². The van der Waals surface area contributed by atoms with Gasteiger partial charge in [0, 0.05) is 42.3 Å². The van der Waals surface area contributed by atoms with Crippen LogP contribution in [0, 0.1) is 0 Å². The second-order valence-electron chi connectivity index (χ2n) is 6.64. The van der Waals surface area contributed by atoms with Crippen LogP contribution in [0.4, 0.5) is 5.69 Å². The average molecular weight is 408 g/mol. The number of thioether (sulfide) groups is 1. The largest absolute Gasteiger partial charge is 0.355 e. The van der Waals surface area contributed by atoms with Crippen LogP contribution in [0.1, 0.15) is 29.2 Å². The molecule has 1 fully saturated rings. The van der Waals surface area contributed by atoms with Gasteiger partial charge in [-0.1, -0.05) is 17.8 Å². The molecule has 1 saturated carbocycles. The normalized spacial score (nSPS) is 13.1. The summed E-state index contributed by atoms with van der Waals surface area (Å²) in [6, 6.07) is 11.0. The Morgan fingerprint density at radius 3 is 2.69 bits per heavy atom. The minimum atomic E-state index is -0.198. The van der Waals surface area contributed by atoms with Gasteiger partial charge in [0.15, 0.2) is 11.0 Å². The van der Waals surface area contributed by atoms with Crippen molar-refractivity contribution in [2.75, 3.05) is 18.1 Å². The van der Waals surface area contributed by atoms with E-state index in [1.165, 1.54) is 11.8 Å². The van der Waals surface area contributed by atoms with Crippen molar-refractivity contribution in [1.29, 1.82) is 0 Å². The fourth-order valence-electron chi connectivity index (χ4n) is 2.94. The smallest absolute Gasteiger partial charge is 0.251 e. The molecule has 0 bridgehead atoms. The summed E-state index contributed by atoms with van der Waals surface area (Å²) in [5.74, 6) is 0.637. The molecule has 0 saturated heterocycles. The molecule has 3 aromatic rings. The number of anilines is 1. The van der Waals surface area contributed by atoms with Crippen LogP contribution < -0.4 is 10.6 Å². The molecule has 2 heterocycles. The predicted octanol–water partition coefficient (Wildman–Crippen LogP) is 2.77. The Balaban J connectivity index is 1.44. The van der Waals surface area contributed by atoms with Gasteiger partial charge in [0.1, 0.15) is 0 Å². The van der Waals surface area contributed by atoms with Crippen LogP contribution in [0.2, 0.25) is 0 Å². The summed E-state index contributed by atoms with van der Waals surface area (Å²) >= 11 is 1.36. The molecule has 1 aliphatic rings. The number of nitrogens with zero attached hydrogens (tertiary/aromatic N) is 4. The zero-order valence-corrected chi connectivity index (χ0v) is 16.6. The highest BCUT2D eigenvalue weighted by atomic mass is 32.2. The fourth-order valence-corrected chi connectivity index (χ4v) is 3.75. The lowest BCUT2D eigenvalue weighted by Gasteiger charge is -2.09. The quantitative estimate of drug-likeness (QED) is 0.583. The molecule has 1 aliphatic carbocycles. The molecular formula is C20H20N6O2S. The van der Waals surface area contributed by atoms with Crippen LogP contribution in [-0.4, -0.2) is 44.4 Å². The van der Waals surface area contributed by atoms with Gasteiger partial charge in [-0.15, -0.1) is 10.2 Å². The summed E-state index contributed by atoms with van der Waals surface area (Å²) < 4.78 is 2.11. The molecule has 2 aromatic heterocycles. The second-order valence-corrected chi connectivity index (χ2v) is 7.58. The Morgan fingerprint density at radius 1 is 1.17 bits per heavy atom. The molecule has 29 heavy (non-hydrogen) atoms. The van der Waals surface area contributed by atoms with E-state index in [1.54, 1.807) is 43.7 Å². The second kappa shape index (κ2) is 8.44. The molecule has 0 aliphatic heterocycles. The third-order valence-electron chi connectivity index (χ3n) is 4.48. The zero-order valence-electron chi connectivity index (χ0n) is 15.8. The van der Waals surface area contributed by atoms with Gasteiger partial charge in [-0.05, 0) is 43.2 Å². The molecule has 2 N–H and O–H groups in total. The lowest BCUT2D eigenvalue weighted by Crippen LogP contribution is -2.19. The molecule has 0 spiro atoms. The van der Waals surface area contributed by atoms with E-state index < -0.39 is 0 Å². The van der Waals surface area contributed by atoms with E-state index in [9.17, 15) is 9.59 Å².